The largest absolute Gasteiger partial charge is 0.468 e. The molecule has 1 aromatic carbocycles. The zero-order valence-corrected chi connectivity index (χ0v) is 10.5. The van der Waals surface area contributed by atoms with Gasteiger partial charge in [-0.3, -0.25) is 4.79 Å². The zero-order chi connectivity index (χ0) is 10.6. The number of esters is 1. The minimum absolute atomic E-state index is 0.297. The summed E-state index contributed by atoms with van der Waals surface area (Å²) in [7, 11) is 1.36. The molecule has 0 saturated heterocycles. The first-order chi connectivity index (χ1) is 6.66. The van der Waals surface area contributed by atoms with Crippen LogP contribution in [-0.2, 0) is 9.53 Å². The van der Waals surface area contributed by atoms with Gasteiger partial charge in [0.15, 0.2) is 0 Å². The highest BCUT2D eigenvalue weighted by Crippen LogP contribution is 2.29. The fourth-order valence-corrected chi connectivity index (χ4v) is 1.96. The Morgan fingerprint density at radius 1 is 1.43 bits per heavy atom. The minimum atomic E-state index is -0.360. The van der Waals surface area contributed by atoms with Crippen molar-refractivity contribution >= 4 is 40.2 Å². The van der Waals surface area contributed by atoms with Crippen molar-refractivity contribution in [2.24, 2.45) is 0 Å². The number of hydrogen-bond acceptors (Lipinski definition) is 2. The molecule has 0 aromatic heterocycles. The number of carbonyl (C=O) groups excluding carboxylic acids is 1. The van der Waals surface area contributed by atoms with Crippen molar-refractivity contribution in [2.75, 3.05) is 7.11 Å². The first-order valence-electron chi connectivity index (χ1n) is 4.07. The van der Waals surface area contributed by atoms with Crippen LogP contribution in [0.3, 0.4) is 0 Å². The van der Waals surface area contributed by atoms with Gasteiger partial charge in [0, 0.05) is 0 Å². The van der Waals surface area contributed by atoms with Crippen LogP contribution in [-0.4, -0.2) is 17.0 Å². The van der Waals surface area contributed by atoms with Gasteiger partial charge in [-0.15, -0.1) is 11.6 Å². The Bertz CT molecular complexity index is 302. The third-order valence-electron chi connectivity index (χ3n) is 1.80. The molecule has 2 nitrogen and oxygen atoms in total. The van der Waals surface area contributed by atoms with E-state index < -0.39 is 0 Å². The van der Waals surface area contributed by atoms with Crippen LogP contribution in [0.15, 0.2) is 30.3 Å². The third-order valence-corrected chi connectivity index (χ3v) is 3.96. The maximum atomic E-state index is 11.2. The smallest absolute Gasteiger partial charge is 0.320 e. The van der Waals surface area contributed by atoms with Crippen LogP contribution >= 0.6 is 34.2 Å². The lowest BCUT2D eigenvalue weighted by Crippen LogP contribution is -2.20. The SMILES string of the molecule is COC(=O)[C@H](I)[C@@H](Cl)c1ccccc1. The Kier molecular flexibility index (Phi) is 4.68. The molecule has 0 amide bonds. The first-order valence-corrected chi connectivity index (χ1v) is 5.76. The molecule has 2 atom stereocenters. The molecule has 1 aromatic rings. The molecule has 0 aliphatic rings. The summed E-state index contributed by atoms with van der Waals surface area (Å²) in [6, 6.07) is 9.49. The van der Waals surface area contributed by atoms with E-state index in [0.717, 1.165) is 5.56 Å². The fourth-order valence-electron chi connectivity index (χ4n) is 1.04. The number of rotatable bonds is 3. The van der Waals surface area contributed by atoms with E-state index in [1.165, 1.54) is 7.11 Å². The summed E-state index contributed by atoms with van der Waals surface area (Å²) in [4.78, 5) is 11.2. The van der Waals surface area contributed by atoms with E-state index in [1.54, 1.807) is 0 Å². The van der Waals surface area contributed by atoms with Crippen LogP contribution in [0.2, 0.25) is 0 Å². The second-order valence-electron chi connectivity index (χ2n) is 2.74. The van der Waals surface area contributed by atoms with Gasteiger partial charge in [0.1, 0.15) is 3.92 Å². The van der Waals surface area contributed by atoms with Crippen LogP contribution in [0, 0.1) is 0 Å². The molecule has 0 aliphatic heterocycles. The molecule has 0 N–H and O–H groups in total. The lowest BCUT2D eigenvalue weighted by molar-refractivity contribution is -0.139. The predicted octanol–water partition coefficient (Wildman–Crippen LogP) is 2.94. The fraction of sp³-hybridized carbons (Fsp3) is 0.300. The summed E-state index contributed by atoms with van der Waals surface area (Å²) in [6.45, 7) is 0. The highest BCUT2D eigenvalue weighted by Gasteiger charge is 2.25. The molecule has 0 spiro atoms. The average Bonchev–Trinajstić information content (AvgIpc) is 2.27. The summed E-state index contributed by atoms with van der Waals surface area (Å²) in [6.07, 6.45) is 0. The van der Waals surface area contributed by atoms with Gasteiger partial charge in [0.25, 0.3) is 0 Å². The molecule has 0 radical (unpaired) electrons. The minimum Gasteiger partial charge on any atom is -0.468 e. The van der Waals surface area contributed by atoms with Gasteiger partial charge in [-0.25, -0.2) is 0 Å². The number of hydrogen-bond donors (Lipinski definition) is 0. The Morgan fingerprint density at radius 3 is 2.50 bits per heavy atom. The normalized spacial score (nSPS) is 14.5. The highest BCUT2D eigenvalue weighted by molar-refractivity contribution is 14.1. The summed E-state index contributed by atoms with van der Waals surface area (Å²) < 4.78 is 4.26. The van der Waals surface area contributed by atoms with Gasteiger partial charge in [-0.2, -0.15) is 0 Å². The van der Waals surface area contributed by atoms with Gasteiger partial charge in [-0.1, -0.05) is 52.9 Å². The molecule has 14 heavy (non-hydrogen) atoms. The maximum absolute atomic E-state index is 11.2. The quantitative estimate of drug-likeness (QED) is 0.485. The van der Waals surface area contributed by atoms with E-state index in [4.69, 9.17) is 11.6 Å². The molecule has 0 unspecified atom stereocenters. The second kappa shape index (κ2) is 5.56. The molecule has 0 bridgehead atoms. The Hall–Kier alpha value is -0.290. The van der Waals surface area contributed by atoms with Crippen molar-refractivity contribution in [2.45, 2.75) is 9.30 Å². The first kappa shape index (κ1) is 11.8. The molecule has 1 rings (SSSR count). The number of halogens is 2. The van der Waals surface area contributed by atoms with E-state index in [1.807, 2.05) is 52.9 Å². The van der Waals surface area contributed by atoms with Crippen LogP contribution in [0.5, 0.6) is 0 Å². The van der Waals surface area contributed by atoms with Crippen molar-refractivity contribution in [1.29, 1.82) is 0 Å². The number of benzene rings is 1. The molecule has 0 aliphatic carbocycles. The molecular formula is C10H10ClIO2. The lowest BCUT2D eigenvalue weighted by Gasteiger charge is -2.14. The van der Waals surface area contributed by atoms with Crippen LogP contribution in [0.1, 0.15) is 10.9 Å². The summed E-state index contributed by atoms with van der Waals surface area (Å²) >= 11 is 8.11. The monoisotopic (exact) mass is 324 g/mol. The summed E-state index contributed by atoms with van der Waals surface area (Å²) in [5.74, 6) is -0.297. The molecule has 4 heteroatoms. The van der Waals surface area contributed by atoms with E-state index in [-0.39, 0.29) is 15.3 Å². The van der Waals surface area contributed by atoms with Gasteiger partial charge < -0.3 is 4.74 Å². The number of carbonyl (C=O) groups is 1. The van der Waals surface area contributed by atoms with Crippen LogP contribution < -0.4 is 0 Å². The predicted molar refractivity (Wildman–Crippen MR) is 64.9 cm³/mol. The van der Waals surface area contributed by atoms with E-state index >= 15 is 0 Å². The van der Waals surface area contributed by atoms with Crippen LogP contribution in [0.4, 0.5) is 0 Å². The standard InChI is InChI=1S/C10H10ClIO2/c1-14-10(13)9(12)8(11)7-5-3-2-4-6-7/h2-6,8-9H,1H3/t8-,9+/m0/s1. The summed E-state index contributed by atoms with van der Waals surface area (Å²) in [5, 5.41) is -0.343. The molecule has 0 fully saturated rings. The maximum Gasteiger partial charge on any atom is 0.320 e. The van der Waals surface area contributed by atoms with Gasteiger partial charge in [0.05, 0.1) is 12.5 Å². The third kappa shape index (κ3) is 2.85. The van der Waals surface area contributed by atoms with E-state index in [9.17, 15) is 4.79 Å². The number of ether oxygens (including phenoxy) is 1. The number of alkyl halides is 2. The average molecular weight is 325 g/mol. The van der Waals surface area contributed by atoms with Crippen molar-refractivity contribution in [3.63, 3.8) is 0 Å². The van der Waals surface area contributed by atoms with Gasteiger partial charge >= 0.3 is 5.97 Å². The number of methoxy groups -OCH3 is 1. The molecule has 0 heterocycles. The lowest BCUT2D eigenvalue weighted by atomic mass is 10.1. The highest BCUT2D eigenvalue weighted by atomic mass is 127. The zero-order valence-electron chi connectivity index (χ0n) is 7.61. The van der Waals surface area contributed by atoms with Gasteiger partial charge in [-0.05, 0) is 5.56 Å². The van der Waals surface area contributed by atoms with E-state index in [0.29, 0.717) is 0 Å². The topological polar surface area (TPSA) is 26.3 Å². The second-order valence-corrected chi connectivity index (χ2v) is 4.55. The van der Waals surface area contributed by atoms with Crippen molar-refractivity contribution < 1.29 is 9.53 Å². The summed E-state index contributed by atoms with van der Waals surface area (Å²) in [5.41, 5.74) is 0.930. The molecule has 76 valence electrons. The van der Waals surface area contributed by atoms with E-state index in [2.05, 4.69) is 4.74 Å². The van der Waals surface area contributed by atoms with Crippen molar-refractivity contribution in [1.82, 2.24) is 0 Å². The Labute approximate surface area is 102 Å². The molecule has 0 saturated carbocycles. The Morgan fingerprint density at radius 2 is 2.00 bits per heavy atom. The Balaban J connectivity index is 2.75. The van der Waals surface area contributed by atoms with Gasteiger partial charge in [0.2, 0.25) is 0 Å². The van der Waals surface area contributed by atoms with Crippen molar-refractivity contribution in [3.05, 3.63) is 35.9 Å². The van der Waals surface area contributed by atoms with Crippen LogP contribution in [0.25, 0.3) is 0 Å². The molecular weight excluding hydrogens is 314 g/mol. The van der Waals surface area contributed by atoms with Crippen molar-refractivity contribution in [3.8, 4) is 0 Å².